The van der Waals surface area contributed by atoms with Crippen LogP contribution in [0.2, 0.25) is 0 Å². The number of alkyl carbamates (subject to hydrolysis) is 1. The normalized spacial score (nSPS) is 15.4. The number of nitrogens with zero attached hydrogens (tertiary/aromatic N) is 1. The first-order valence-electron chi connectivity index (χ1n) is 10.2. The molecule has 172 valence electrons. The Kier molecular flexibility index (Phi) is 8.19. The first-order valence-corrected chi connectivity index (χ1v) is 11.6. The van der Waals surface area contributed by atoms with Crippen LogP contribution in [0.4, 0.5) is 4.79 Å². The van der Waals surface area contributed by atoms with Crippen molar-refractivity contribution in [3.8, 4) is 0 Å². The third-order valence-corrected chi connectivity index (χ3v) is 7.72. The van der Waals surface area contributed by atoms with Gasteiger partial charge in [0.1, 0.15) is 0 Å². The number of nitrogens with one attached hydrogen (secondary N) is 1. The highest BCUT2D eigenvalue weighted by atomic mass is 32.2. The molecule has 1 aromatic carbocycles. The van der Waals surface area contributed by atoms with Gasteiger partial charge in [-0.05, 0) is 69.7 Å². The molecule has 0 bridgehead atoms. The summed E-state index contributed by atoms with van der Waals surface area (Å²) in [7, 11) is -3.70. The molecule has 9 nitrogen and oxygen atoms in total. The molecular formula is C21H30N2O7S. The van der Waals surface area contributed by atoms with Crippen LogP contribution in [0.1, 0.15) is 42.0 Å². The monoisotopic (exact) mass is 454 g/mol. The van der Waals surface area contributed by atoms with Gasteiger partial charge in [-0.2, -0.15) is 4.31 Å². The zero-order valence-electron chi connectivity index (χ0n) is 18.6. The Balaban J connectivity index is 1.97. The first-order chi connectivity index (χ1) is 14.5. The van der Waals surface area contributed by atoms with Crippen molar-refractivity contribution in [1.29, 1.82) is 0 Å². The molecule has 31 heavy (non-hydrogen) atoms. The summed E-state index contributed by atoms with van der Waals surface area (Å²) < 4.78 is 37.5. The van der Waals surface area contributed by atoms with Crippen LogP contribution in [0.3, 0.4) is 0 Å². The Morgan fingerprint density at radius 2 is 1.58 bits per heavy atom. The van der Waals surface area contributed by atoms with Gasteiger partial charge in [-0.1, -0.05) is 6.07 Å². The second kappa shape index (κ2) is 10.2. The molecule has 2 rings (SSSR count). The van der Waals surface area contributed by atoms with E-state index in [9.17, 15) is 22.8 Å². The lowest BCUT2D eigenvalue weighted by molar-refractivity contribution is -0.153. The number of carbonyl (C=O) groups excluding carboxylic acids is 3. The van der Waals surface area contributed by atoms with Crippen LogP contribution in [-0.4, -0.2) is 57.0 Å². The third kappa shape index (κ3) is 5.82. The lowest BCUT2D eigenvalue weighted by Gasteiger charge is -2.31. The number of carbonyl (C=O) groups is 3. The maximum Gasteiger partial charge on any atom is 0.413 e. The Morgan fingerprint density at radius 1 is 1.03 bits per heavy atom. The van der Waals surface area contributed by atoms with Gasteiger partial charge in [0.05, 0.1) is 17.4 Å². The molecule has 1 saturated heterocycles. The second-order valence-electron chi connectivity index (χ2n) is 7.64. The smallest absolute Gasteiger partial charge is 0.413 e. The van der Waals surface area contributed by atoms with E-state index in [1.165, 1.54) is 4.31 Å². The van der Waals surface area contributed by atoms with Gasteiger partial charge in [-0.3, -0.25) is 14.9 Å². The number of aryl methyl sites for hydroxylation is 2. The van der Waals surface area contributed by atoms with Gasteiger partial charge in [0, 0.05) is 13.1 Å². The standard InChI is InChI=1S/C21H30N2O7S/c1-6-29-21(26)22-18(24)12-30-20(25)17-7-9-23(10-8-17)31(27,28)19-15(4)13(2)11-14(3)16(19)5/h11,17H,6-10,12H2,1-5H3,(H,22,24,26). The van der Waals surface area contributed by atoms with Crippen molar-refractivity contribution >= 4 is 28.0 Å². The van der Waals surface area contributed by atoms with E-state index in [1.54, 1.807) is 20.8 Å². The summed E-state index contributed by atoms with van der Waals surface area (Å²) in [5.41, 5.74) is 3.30. The SMILES string of the molecule is CCOC(=O)NC(=O)COC(=O)C1CCN(S(=O)(=O)c2c(C)c(C)cc(C)c2C)CC1. The van der Waals surface area contributed by atoms with Crippen molar-refractivity contribution < 1.29 is 32.3 Å². The van der Waals surface area contributed by atoms with Crippen molar-refractivity contribution in [3.63, 3.8) is 0 Å². The van der Waals surface area contributed by atoms with Crippen LogP contribution in [0.25, 0.3) is 0 Å². The van der Waals surface area contributed by atoms with Gasteiger partial charge in [0.15, 0.2) is 6.61 Å². The maximum atomic E-state index is 13.3. The van der Waals surface area contributed by atoms with Gasteiger partial charge in [0.2, 0.25) is 10.0 Å². The minimum atomic E-state index is -3.70. The summed E-state index contributed by atoms with van der Waals surface area (Å²) in [5.74, 6) is -1.88. The van der Waals surface area contributed by atoms with E-state index in [1.807, 2.05) is 25.2 Å². The fraction of sp³-hybridized carbons (Fsp3) is 0.571. The van der Waals surface area contributed by atoms with E-state index in [0.29, 0.717) is 17.7 Å². The van der Waals surface area contributed by atoms with Gasteiger partial charge in [-0.25, -0.2) is 13.2 Å². The molecule has 1 aliphatic heterocycles. The van der Waals surface area contributed by atoms with Gasteiger partial charge < -0.3 is 9.47 Å². The molecule has 1 fully saturated rings. The number of hydrogen-bond donors (Lipinski definition) is 1. The number of imide groups is 1. The van der Waals surface area contributed by atoms with Crippen molar-refractivity contribution in [1.82, 2.24) is 9.62 Å². The molecule has 0 atom stereocenters. The molecule has 1 N–H and O–H groups in total. The summed E-state index contributed by atoms with van der Waals surface area (Å²) >= 11 is 0. The number of benzene rings is 1. The zero-order valence-corrected chi connectivity index (χ0v) is 19.4. The van der Waals surface area contributed by atoms with Crippen molar-refractivity contribution in [2.24, 2.45) is 5.92 Å². The Hall–Kier alpha value is -2.46. The molecular weight excluding hydrogens is 424 g/mol. The number of piperidine rings is 1. The highest BCUT2D eigenvalue weighted by Gasteiger charge is 2.35. The Labute approximate surface area is 183 Å². The molecule has 10 heteroatoms. The Morgan fingerprint density at radius 3 is 2.10 bits per heavy atom. The second-order valence-corrected chi connectivity index (χ2v) is 9.52. The minimum Gasteiger partial charge on any atom is -0.455 e. The van der Waals surface area contributed by atoms with E-state index in [-0.39, 0.29) is 19.7 Å². The number of ether oxygens (including phenoxy) is 2. The molecule has 0 saturated carbocycles. The number of esters is 1. The van der Waals surface area contributed by atoms with Crippen molar-refractivity contribution in [3.05, 3.63) is 28.3 Å². The molecule has 1 heterocycles. The number of hydrogen-bond acceptors (Lipinski definition) is 7. The largest absolute Gasteiger partial charge is 0.455 e. The molecule has 0 radical (unpaired) electrons. The maximum absolute atomic E-state index is 13.3. The van der Waals surface area contributed by atoms with Crippen LogP contribution < -0.4 is 5.32 Å². The van der Waals surface area contributed by atoms with Crippen LogP contribution in [0.5, 0.6) is 0 Å². The van der Waals surface area contributed by atoms with E-state index < -0.39 is 40.5 Å². The van der Waals surface area contributed by atoms with Gasteiger partial charge in [0.25, 0.3) is 5.91 Å². The summed E-state index contributed by atoms with van der Waals surface area (Å²) in [6.45, 7) is 8.87. The molecule has 0 unspecified atom stereocenters. The molecule has 0 aromatic heterocycles. The van der Waals surface area contributed by atoms with E-state index in [2.05, 4.69) is 4.74 Å². The fourth-order valence-corrected chi connectivity index (χ4v) is 5.65. The minimum absolute atomic E-state index is 0.113. The zero-order chi connectivity index (χ0) is 23.3. The van der Waals surface area contributed by atoms with E-state index >= 15 is 0 Å². The number of sulfonamides is 1. The highest BCUT2D eigenvalue weighted by molar-refractivity contribution is 7.89. The predicted octanol–water partition coefficient (Wildman–Crippen LogP) is 2.14. The fourth-order valence-electron chi connectivity index (χ4n) is 3.60. The van der Waals surface area contributed by atoms with Gasteiger partial charge in [-0.15, -0.1) is 0 Å². The summed E-state index contributed by atoms with van der Waals surface area (Å²) in [5, 5.41) is 1.94. The van der Waals surface area contributed by atoms with E-state index in [4.69, 9.17) is 4.74 Å². The van der Waals surface area contributed by atoms with E-state index in [0.717, 1.165) is 22.3 Å². The number of amides is 2. The summed E-state index contributed by atoms with van der Waals surface area (Å²) in [6, 6.07) is 1.98. The van der Waals surface area contributed by atoms with Crippen LogP contribution in [0.15, 0.2) is 11.0 Å². The lowest BCUT2D eigenvalue weighted by Crippen LogP contribution is -2.41. The highest BCUT2D eigenvalue weighted by Crippen LogP contribution is 2.31. The summed E-state index contributed by atoms with van der Waals surface area (Å²) in [6.07, 6.45) is -0.319. The van der Waals surface area contributed by atoms with Crippen LogP contribution >= 0.6 is 0 Å². The average Bonchev–Trinajstić information content (AvgIpc) is 2.70. The van der Waals surface area contributed by atoms with Gasteiger partial charge >= 0.3 is 12.1 Å². The lowest BCUT2D eigenvalue weighted by atomic mass is 9.98. The Bertz CT molecular complexity index is 938. The summed E-state index contributed by atoms with van der Waals surface area (Å²) in [4.78, 5) is 35.4. The number of rotatable bonds is 6. The predicted molar refractivity (Wildman–Crippen MR) is 113 cm³/mol. The topological polar surface area (TPSA) is 119 Å². The van der Waals surface area contributed by atoms with Crippen molar-refractivity contribution in [2.45, 2.75) is 52.4 Å². The average molecular weight is 455 g/mol. The molecule has 2 amide bonds. The first kappa shape index (κ1) is 24.8. The van der Waals surface area contributed by atoms with Crippen LogP contribution in [0, 0.1) is 33.6 Å². The molecule has 1 aliphatic rings. The van der Waals surface area contributed by atoms with Crippen molar-refractivity contribution in [2.75, 3.05) is 26.3 Å². The molecule has 0 spiro atoms. The third-order valence-electron chi connectivity index (χ3n) is 5.54. The molecule has 1 aromatic rings. The quantitative estimate of drug-likeness (QED) is 0.654. The van der Waals surface area contributed by atoms with Crippen LogP contribution in [-0.2, 0) is 29.1 Å². The molecule has 0 aliphatic carbocycles.